The maximum atomic E-state index is 14.2. The fraction of sp³-hybridized carbons (Fsp3) is 0.211. The molecule has 1 heterocycles. The topological polar surface area (TPSA) is 59.7 Å². The van der Waals surface area contributed by atoms with Crippen molar-refractivity contribution in [2.75, 3.05) is 0 Å². The summed E-state index contributed by atoms with van der Waals surface area (Å²) in [4.78, 5) is 10.9. The summed E-state index contributed by atoms with van der Waals surface area (Å²) in [6.45, 7) is 0. The van der Waals surface area contributed by atoms with Crippen molar-refractivity contribution in [3.63, 3.8) is 0 Å². The van der Waals surface area contributed by atoms with Crippen LogP contribution < -0.4 is 4.74 Å². The van der Waals surface area contributed by atoms with Crippen LogP contribution in [0.15, 0.2) is 45.5 Å². The van der Waals surface area contributed by atoms with Crippen LogP contribution in [0.5, 0.6) is 5.75 Å². The normalized spacial score (nSPS) is 16.2. The van der Waals surface area contributed by atoms with E-state index >= 15 is 0 Å². The van der Waals surface area contributed by atoms with Crippen molar-refractivity contribution in [2.24, 2.45) is 0 Å². The summed E-state index contributed by atoms with van der Waals surface area (Å²) in [7, 11) is 0. The number of hydrogen-bond acceptors (Lipinski definition) is 3. The van der Waals surface area contributed by atoms with Gasteiger partial charge in [0, 0.05) is 27.1 Å². The number of carboxylic acid groups (broad SMARTS) is 1. The predicted molar refractivity (Wildman–Crippen MR) is 93.3 cm³/mol. The first kappa shape index (κ1) is 16.1. The molecule has 0 unspecified atom stereocenters. The molecule has 128 valence electrons. The molecular weight excluding hydrogens is 391 g/mol. The van der Waals surface area contributed by atoms with Crippen LogP contribution in [0, 0.1) is 5.82 Å². The van der Waals surface area contributed by atoms with Crippen LogP contribution in [0.4, 0.5) is 4.39 Å². The van der Waals surface area contributed by atoms with Crippen molar-refractivity contribution in [2.45, 2.75) is 25.4 Å². The van der Waals surface area contributed by atoms with Gasteiger partial charge in [-0.25, -0.2) is 4.39 Å². The molecule has 3 aromatic rings. The Balaban J connectivity index is 1.63. The molecule has 0 amide bonds. The summed E-state index contributed by atoms with van der Waals surface area (Å²) < 4.78 is 26.6. The van der Waals surface area contributed by atoms with E-state index in [0.29, 0.717) is 28.9 Å². The molecule has 0 fully saturated rings. The molecule has 1 atom stereocenters. The van der Waals surface area contributed by atoms with Crippen molar-refractivity contribution < 1.29 is 23.4 Å². The molecule has 0 bridgehead atoms. The number of furan rings is 1. The van der Waals surface area contributed by atoms with Crippen LogP contribution in [0.25, 0.3) is 11.0 Å². The summed E-state index contributed by atoms with van der Waals surface area (Å²) in [5.41, 5.74) is 2.73. The Morgan fingerprint density at radius 1 is 1.36 bits per heavy atom. The number of rotatable bonds is 4. The summed E-state index contributed by atoms with van der Waals surface area (Å²) >= 11 is 3.46. The fourth-order valence-corrected chi connectivity index (χ4v) is 3.89. The lowest BCUT2D eigenvalue weighted by atomic mass is 10.1. The minimum absolute atomic E-state index is 0.0948. The Labute approximate surface area is 151 Å². The van der Waals surface area contributed by atoms with E-state index in [-0.39, 0.29) is 18.3 Å². The third-order valence-corrected chi connectivity index (χ3v) is 5.22. The zero-order valence-corrected chi connectivity index (χ0v) is 14.7. The highest BCUT2D eigenvalue weighted by atomic mass is 79.9. The molecule has 6 heteroatoms. The number of fused-ring (bicyclic) bond motifs is 2. The zero-order chi connectivity index (χ0) is 17.6. The smallest absolute Gasteiger partial charge is 0.307 e. The standard InChI is InChI=1S/C19H14BrFO4/c20-14-4-5-15(21)19-13(14)3-6-16(19)25-11-1-2-12-10(7-18(22)23)9-24-17(12)8-11/h1-2,4-5,8-9,16H,3,6-7H2,(H,22,23)/t16-/m1/s1. The lowest BCUT2D eigenvalue weighted by Gasteiger charge is -2.16. The number of ether oxygens (including phenoxy) is 1. The Morgan fingerprint density at radius 2 is 2.20 bits per heavy atom. The predicted octanol–water partition coefficient (Wildman–Crippen LogP) is 5.03. The monoisotopic (exact) mass is 404 g/mol. The highest BCUT2D eigenvalue weighted by Gasteiger charge is 2.29. The van der Waals surface area contributed by atoms with Crippen molar-refractivity contribution >= 4 is 32.9 Å². The highest BCUT2D eigenvalue weighted by Crippen LogP contribution is 2.40. The quantitative estimate of drug-likeness (QED) is 0.662. The molecular formula is C19H14BrFO4. The third kappa shape index (κ3) is 2.91. The third-order valence-electron chi connectivity index (χ3n) is 4.47. The fourth-order valence-electron chi connectivity index (χ4n) is 3.35. The van der Waals surface area contributed by atoms with E-state index in [4.69, 9.17) is 14.3 Å². The second-order valence-electron chi connectivity index (χ2n) is 6.06. The number of benzene rings is 2. The van der Waals surface area contributed by atoms with Gasteiger partial charge >= 0.3 is 5.97 Å². The van der Waals surface area contributed by atoms with Gasteiger partial charge in [0.2, 0.25) is 0 Å². The van der Waals surface area contributed by atoms with Gasteiger partial charge in [0.15, 0.2) is 0 Å². The van der Waals surface area contributed by atoms with Crippen LogP contribution in [0.2, 0.25) is 0 Å². The largest absolute Gasteiger partial charge is 0.485 e. The molecule has 0 aliphatic heterocycles. The molecule has 25 heavy (non-hydrogen) atoms. The Bertz CT molecular complexity index is 979. The highest BCUT2D eigenvalue weighted by molar-refractivity contribution is 9.10. The summed E-state index contributed by atoms with van der Waals surface area (Å²) in [5, 5.41) is 9.67. The van der Waals surface area contributed by atoms with E-state index in [1.54, 1.807) is 24.3 Å². The summed E-state index contributed by atoms with van der Waals surface area (Å²) in [6.07, 6.45) is 2.46. The SMILES string of the molecule is O=C(O)Cc1coc2cc(O[C@@H]3CCc4c(Br)ccc(F)c43)ccc12. The molecule has 1 N–H and O–H groups in total. The van der Waals surface area contributed by atoms with Gasteiger partial charge in [-0.15, -0.1) is 0 Å². The molecule has 2 aromatic carbocycles. The van der Waals surface area contributed by atoms with Crippen LogP contribution >= 0.6 is 15.9 Å². The second-order valence-corrected chi connectivity index (χ2v) is 6.91. The Kier molecular flexibility index (Phi) is 4.00. The van der Waals surface area contributed by atoms with Crippen LogP contribution in [0.1, 0.15) is 29.2 Å². The van der Waals surface area contributed by atoms with Crippen molar-refractivity contribution in [1.82, 2.24) is 0 Å². The number of hydrogen-bond donors (Lipinski definition) is 1. The Hall–Kier alpha value is -2.34. The first-order valence-electron chi connectivity index (χ1n) is 7.88. The molecule has 0 spiro atoms. The number of carbonyl (C=O) groups is 1. The van der Waals surface area contributed by atoms with Gasteiger partial charge in [-0.1, -0.05) is 15.9 Å². The van der Waals surface area contributed by atoms with E-state index in [1.807, 2.05) is 0 Å². The maximum absolute atomic E-state index is 14.2. The summed E-state index contributed by atoms with van der Waals surface area (Å²) in [5.74, 6) is -0.601. The lowest BCUT2D eigenvalue weighted by molar-refractivity contribution is -0.136. The van der Waals surface area contributed by atoms with Gasteiger partial charge in [-0.2, -0.15) is 0 Å². The average molecular weight is 405 g/mol. The van der Waals surface area contributed by atoms with Crippen LogP contribution in [-0.2, 0) is 17.6 Å². The molecule has 4 rings (SSSR count). The van der Waals surface area contributed by atoms with E-state index in [9.17, 15) is 9.18 Å². The first-order chi connectivity index (χ1) is 12.0. The van der Waals surface area contributed by atoms with E-state index in [2.05, 4.69) is 15.9 Å². The maximum Gasteiger partial charge on any atom is 0.307 e. The second kappa shape index (κ2) is 6.19. The molecule has 1 aliphatic carbocycles. The molecule has 0 saturated carbocycles. The van der Waals surface area contributed by atoms with Crippen molar-refractivity contribution in [3.05, 3.63) is 63.6 Å². The van der Waals surface area contributed by atoms with Crippen molar-refractivity contribution in [3.8, 4) is 5.75 Å². The molecule has 1 aliphatic rings. The minimum atomic E-state index is -0.911. The zero-order valence-electron chi connectivity index (χ0n) is 13.1. The van der Waals surface area contributed by atoms with E-state index in [1.165, 1.54) is 12.3 Å². The minimum Gasteiger partial charge on any atom is -0.485 e. The first-order valence-corrected chi connectivity index (χ1v) is 8.67. The molecule has 4 nitrogen and oxygen atoms in total. The lowest BCUT2D eigenvalue weighted by Crippen LogP contribution is -2.05. The van der Waals surface area contributed by atoms with Gasteiger partial charge in [0.25, 0.3) is 0 Å². The van der Waals surface area contributed by atoms with E-state index in [0.717, 1.165) is 21.8 Å². The number of halogens is 2. The van der Waals surface area contributed by atoms with Gasteiger partial charge in [0.05, 0.1) is 12.7 Å². The number of carboxylic acids is 1. The molecule has 0 radical (unpaired) electrons. The average Bonchev–Trinajstić information content (AvgIpc) is 3.16. The molecule has 1 aromatic heterocycles. The van der Waals surface area contributed by atoms with Crippen molar-refractivity contribution in [1.29, 1.82) is 0 Å². The summed E-state index contributed by atoms with van der Waals surface area (Å²) in [6, 6.07) is 8.42. The molecule has 0 saturated heterocycles. The van der Waals surface area contributed by atoms with Crippen LogP contribution in [0.3, 0.4) is 0 Å². The van der Waals surface area contributed by atoms with E-state index < -0.39 is 5.97 Å². The van der Waals surface area contributed by atoms with Crippen LogP contribution in [-0.4, -0.2) is 11.1 Å². The van der Waals surface area contributed by atoms with Gasteiger partial charge in [-0.3, -0.25) is 4.79 Å². The van der Waals surface area contributed by atoms with Gasteiger partial charge in [0.1, 0.15) is 23.3 Å². The van der Waals surface area contributed by atoms with Gasteiger partial charge < -0.3 is 14.3 Å². The Morgan fingerprint density at radius 3 is 3.00 bits per heavy atom. The van der Waals surface area contributed by atoms with Gasteiger partial charge in [-0.05, 0) is 42.7 Å². The number of aliphatic carboxylic acids is 1.